The van der Waals surface area contributed by atoms with Gasteiger partial charge in [-0.3, -0.25) is 4.98 Å². The zero-order valence-corrected chi connectivity index (χ0v) is 14.0. The number of hydrogen-bond acceptors (Lipinski definition) is 3. The molecule has 2 rings (SSSR count). The molecule has 0 saturated carbocycles. The summed E-state index contributed by atoms with van der Waals surface area (Å²) in [6.45, 7) is 7.62. The summed E-state index contributed by atoms with van der Waals surface area (Å²) < 4.78 is 15.4. The van der Waals surface area contributed by atoms with Crippen LogP contribution in [0.3, 0.4) is 0 Å². The lowest BCUT2D eigenvalue weighted by atomic mass is 10.1. The maximum Gasteiger partial charge on any atom is 0.0921 e. The molecule has 4 nitrogen and oxygen atoms in total. The Morgan fingerprint density at radius 2 is 2.24 bits per heavy atom. The summed E-state index contributed by atoms with van der Waals surface area (Å²) in [6, 6.07) is 4.22. The summed E-state index contributed by atoms with van der Waals surface area (Å²) in [7, 11) is -0.963. The van der Waals surface area contributed by atoms with Crippen LogP contribution in [0, 0.1) is 6.92 Å². The summed E-state index contributed by atoms with van der Waals surface area (Å²) in [5.41, 5.74) is 2.17. The van der Waals surface area contributed by atoms with E-state index < -0.39 is 11.0 Å². The highest BCUT2D eigenvalue weighted by Gasteiger charge is 2.19. The molecule has 0 aliphatic carbocycles. The Bertz CT molecular complexity index is 445. The minimum absolute atomic E-state index is 0.0869. The lowest BCUT2D eigenvalue weighted by Gasteiger charge is -2.32. The highest BCUT2D eigenvalue weighted by molar-refractivity contribution is 7.83. The highest BCUT2D eigenvalue weighted by atomic mass is 32.2. The molecule has 1 fully saturated rings. The number of aromatic nitrogens is 1. The molecule has 21 heavy (non-hydrogen) atoms. The van der Waals surface area contributed by atoms with Crippen molar-refractivity contribution in [3.05, 3.63) is 29.6 Å². The number of nitrogens with one attached hydrogen (secondary N) is 1. The molecule has 0 bridgehead atoms. The fourth-order valence-corrected chi connectivity index (χ4v) is 3.59. The monoisotopic (exact) mass is 309 g/mol. The number of aryl methyl sites for hydroxylation is 1. The first-order valence-corrected chi connectivity index (χ1v) is 9.30. The number of rotatable bonds is 9. The normalized spacial score (nSPS) is 18.2. The Morgan fingerprint density at radius 1 is 1.43 bits per heavy atom. The van der Waals surface area contributed by atoms with Gasteiger partial charge >= 0.3 is 0 Å². The Labute approximate surface area is 130 Å². The zero-order valence-electron chi connectivity index (χ0n) is 13.2. The van der Waals surface area contributed by atoms with Crippen LogP contribution in [0.25, 0.3) is 0 Å². The molecule has 1 saturated heterocycles. The highest BCUT2D eigenvalue weighted by Crippen LogP contribution is 2.18. The maximum absolute atomic E-state index is 12.1. The lowest BCUT2D eigenvalue weighted by molar-refractivity contribution is 0.174. The minimum atomic E-state index is -0.963. The van der Waals surface area contributed by atoms with Crippen molar-refractivity contribution in [1.82, 2.24) is 14.6 Å². The molecule has 1 aliphatic heterocycles. The molecular weight excluding hydrogens is 282 g/mol. The number of nitrogens with zero attached hydrogens (tertiary/aromatic N) is 2. The second-order valence-electron chi connectivity index (χ2n) is 5.82. The molecule has 1 N–H and O–H groups in total. The van der Waals surface area contributed by atoms with Crippen LogP contribution < -0.4 is 4.72 Å². The molecule has 1 aromatic rings. The van der Waals surface area contributed by atoms with E-state index in [9.17, 15) is 4.21 Å². The van der Waals surface area contributed by atoms with Crippen molar-refractivity contribution in [1.29, 1.82) is 0 Å². The van der Waals surface area contributed by atoms with Crippen LogP contribution in [-0.4, -0.2) is 39.5 Å². The molecule has 1 unspecified atom stereocenters. The maximum atomic E-state index is 12.1. The van der Waals surface area contributed by atoms with Crippen molar-refractivity contribution in [3.8, 4) is 0 Å². The van der Waals surface area contributed by atoms with Gasteiger partial charge in [0, 0.05) is 18.5 Å². The Hall–Kier alpha value is -0.780. The Kier molecular flexibility index (Phi) is 6.80. The molecule has 118 valence electrons. The van der Waals surface area contributed by atoms with Crippen molar-refractivity contribution in [2.45, 2.75) is 45.6 Å². The van der Waals surface area contributed by atoms with E-state index in [0.717, 1.165) is 42.8 Å². The van der Waals surface area contributed by atoms with Crippen molar-refractivity contribution in [2.75, 3.05) is 25.4 Å². The third-order valence-electron chi connectivity index (χ3n) is 3.93. The number of pyridine rings is 1. The van der Waals surface area contributed by atoms with Crippen molar-refractivity contribution < 1.29 is 4.21 Å². The van der Waals surface area contributed by atoms with Gasteiger partial charge in [0.15, 0.2) is 0 Å². The fourth-order valence-electron chi connectivity index (χ4n) is 2.36. The fraction of sp³-hybridized carbons (Fsp3) is 0.688. The van der Waals surface area contributed by atoms with E-state index >= 15 is 0 Å². The van der Waals surface area contributed by atoms with E-state index in [4.69, 9.17) is 0 Å². The quantitative estimate of drug-likeness (QED) is 0.762. The van der Waals surface area contributed by atoms with Crippen molar-refractivity contribution >= 4 is 11.0 Å². The SMILES string of the molecule is CCCC[S@](=O)NC(CCN1CCC1)c1ccc(C)cn1. The van der Waals surface area contributed by atoms with Crippen LogP contribution in [0.4, 0.5) is 0 Å². The lowest BCUT2D eigenvalue weighted by Crippen LogP contribution is -2.39. The Morgan fingerprint density at radius 3 is 2.81 bits per heavy atom. The Balaban J connectivity index is 1.94. The molecule has 0 aromatic carbocycles. The minimum Gasteiger partial charge on any atom is -0.303 e. The second-order valence-corrected chi connectivity index (χ2v) is 7.15. The molecule has 1 aliphatic rings. The molecule has 0 amide bonds. The smallest absolute Gasteiger partial charge is 0.0921 e. The third kappa shape index (κ3) is 5.49. The van der Waals surface area contributed by atoms with Gasteiger partial charge in [-0.2, -0.15) is 0 Å². The average Bonchev–Trinajstić information content (AvgIpc) is 2.43. The van der Waals surface area contributed by atoms with Gasteiger partial charge in [0.05, 0.1) is 22.7 Å². The molecule has 0 spiro atoms. The van der Waals surface area contributed by atoms with Crippen molar-refractivity contribution in [2.24, 2.45) is 0 Å². The molecular formula is C16H27N3OS. The van der Waals surface area contributed by atoms with E-state index in [1.165, 1.54) is 19.5 Å². The van der Waals surface area contributed by atoms with E-state index in [2.05, 4.69) is 33.7 Å². The van der Waals surface area contributed by atoms with Gasteiger partial charge in [-0.25, -0.2) is 8.93 Å². The predicted molar refractivity (Wildman–Crippen MR) is 88.4 cm³/mol. The number of unbranched alkanes of at least 4 members (excludes halogenated alkanes) is 1. The van der Waals surface area contributed by atoms with Gasteiger partial charge in [0.1, 0.15) is 0 Å². The summed E-state index contributed by atoms with van der Waals surface area (Å²) in [4.78, 5) is 6.96. The van der Waals surface area contributed by atoms with Gasteiger partial charge < -0.3 is 4.90 Å². The summed E-state index contributed by atoms with van der Waals surface area (Å²) in [5, 5.41) is 0. The molecule has 2 heterocycles. The van der Waals surface area contributed by atoms with Crippen LogP contribution in [0.1, 0.15) is 49.9 Å². The molecule has 1 aromatic heterocycles. The van der Waals surface area contributed by atoms with E-state index in [-0.39, 0.29) is 6.04 Å². The summed E-state index contributed by atoms with van der Waals surface area (Å²) >= 11 is 0. The van der Waals surface area contributed by atoms with Crippen molar-refractivity contribution in [3.63, 3.8) is 0 Å². The van der Waals surface area contributed by atoms with Crippen LogP contribution in [0.2, 0.25) is 0 Å². The van der Waals surface area contributed by atoms with E-state index in [1.54, 1.807) is 0 Å². The van der Waals surface area contributed by atoms with Gasteiger partial charge in [-0.1, -0.05) is 19.4 Å². The van der Waals surface area contributed by atoms with Crippen LogP contribution in [0.15, 0.2) is 18.3 Å². The topological polar surface area (TPSA) is 45.2 Å². The van der Waals surface area contributed by atoms with Crippen LogP contribution in [-0.2, 0) is 11.0 Å². The first-order chi connectivity index (χ1) is 10.2. The summed E-state index contributed by atoms with van der Waals surface area (Å²) in [5.74, 6) is 0.725. The van der Waals surface area contributed by atoms with E-state index in [1.807, 2.05) is 13.1 Å². The zero-order chi connectivity index (χ0) is 15.1. The number of hydrogen-bond donors (Lipinski definition) is 1. The predicted octanol–water partition coefficient (Wildman–Crippen LogP) is 2.58. The largest absolute Gasteiger partial charge is 0.303 e. The van der Waals surface area contributed by atoms with Crippen LogP contribution >= 0.6 is 0 Å². The van der Waals surface area contributed by atoms with Gasteiger partial charge in [-0.15, -0.1) is 0 Å². The first-order valence-electron chi connectivity index (χ1n) is 7.98. The molecule has 2 atom stereocenters. The van der Waals surface area contributed by atoms with E-state index in [0.29, 0.717) is 0 Å². The first kappa shape index (κ1) is 16.6. The van der Waals surface area contributed by atoms with Gasteiger partial charge in [0.25, 0.3) is 0 Å². The second kappa shape index (κ2) is 8.61. The van der Waals surface area contributed by atoms with Gasteiger partial charge in [0.2, 0.25) is 0 Å². The standard InChI is InChI=1S/C16H27N3OS/c1-3-4-12-21(20)18-16(8-11-19-9-5-10-19)15-7-6-14(2)13-17-15/h6-7,13,16,18H,3-5,8-12H2,1-2H3/t16?,21-/m0/s1. The molecule has 0 radical (unpaired) electrons. The van der Waals surface area contributed by atoms with Crippen LogP contribution in [0.5, 0.6) is 0 Å². The third-order valence-corrected chi connectivity index (χ3v) is 5.14. The molecule has 5 heteroatoms. The van der Waals surface area contributed by atoms with Gasteiger partial charge in [-0.05, 0) is 50.9 Å². The average molecular weight is 309 g/mol. The number of likely N-dealkylation sites (tertiary alicyclic amines) is 1. The summed E-state index contributed by atoms with van der Waals surface area (Å²) in [6.07, 6.45) is 6.24.